The fraction of sp³-hybridized carbons (Fsp3) is 0.211. The van der Waals surface area contributed by atoms with Gasteiger partial charge in [0.2, 0.25) is 5.89 Å². The molecule has 1 aromatic heterocycles. The van der Waals surface area contributed by atoms with Crippen molar-refractivity contribution in [3.8, 4) is 5.75 Å². The first-order valence-corrected chi connectivity index (χ1v) is 9.29. The number of hydrogen-bond donors (Lipinski definition) is 1. The number of carbonyl (C=O) groups excluding carboxylic acids is 1. The summed E-state index contributed by atoms with van der Waals surface area (Å²) >= 11 is 1.69. The van der Waals surface area contributed by atoms with Gasteiger partial charge in [0.1, 0.15) is 5.75 Å². The highest BCUT2D eigenvalue weighted by molar-refractivity contribution is 7.98. The predicted molar refractivity (Wildman–Crippen MR) is 101 cm³/mol. The number of nitrogens with zero attached hydrogens (tertiary/aromatic N) is 2. The molecule has 0 saturated heterocycles. The second-order valence-corrected chi connectivity index (χ2v) is 6.56. The quantitative estimate of drug-likeness (QED) is 0.640. The molecule has 0 aliphatic carbocycles. The van der Waals surface area contributed by atoms with Crippen LogP contribution >= 0.6 is 11.8 Å². The van der Waals surface area contributed by atoms with Crippen LogP contribution in [0.4, 0.5) is 6.01 Å². The molecule has 2 aromatic carbocycles. The molecule has 0 aliphatic heterocycles. The number of hydrogen-bond acceptors (Lipinski definition) is 6. The molecule has 0 bridgehead atoms. The van der Waals surface area contributed by atoms with E-state index in [0.29, 0.717) is 18.1 Å². The van der Waals surface area contributed by atoms with Gasteiger partial charge >= 0.3 is 6.01 Å². The van der Waals surface area contributed by atoms with Crippen molar-refractivity contribution in [1.29, 1.82) is 0 Å². The first-order chi connectivity index (χ1) is 12.6. The molecular weight excluding hydrogens is 350 g/mol. The van der Waals surface area contributed by atoms with Crippen molar-refractivity contribution in [3.05, 3.63) is 65.5 Å². The molecule has 1 N–H and O–H groups in total. The molecule has 3 rings (SSSR count). The van der Waals surface area contributed by atoms with Crippen LogP contribution in [0.25, 0.3) is 0 Å². The van der Waals surface area contributed by atoms with Gasteiger partial charge in [-0.3, -0.25) is 10.1 Å². The van der Waals surface area contributed by atoms with E-state index in [0.717, 1.165) is 11.1 Å². The molecule has 0 unspecified atom stereocenters. The van der Waals surface area contributed by atoms with Crippen molar-refractivity contribution in [3.63, 3.8) is 0 Å². The Morgan fingerprint density at radius 1 is 1.12 bits per heavy atom. The van der Waals surface area contributed by atoms with Gasteiger partial charge in [-0.2, -0.15) is 0 Å². The number of thioether (sulfide) groups is 1. The summed E-state index contributed by atoms with van der Waals surface area (Å²) < 4.78 is 10.9. The van der Waals surface area contributed by atoms with Gasteiger partial charge in [0.05, 0.1) is 6.42 Å². The lowest BCUT2D eigenvalue weighted by atomic mass is 10.1. The van der Waals surface area contributed by atoms with Gasteiger partial charge in [-0.25, -0.2) is 0 Å². The van der Waals surface area contributed by atoms with Crippen LogP contribution < -0.4 is 10.1 Å². The number of aromatic nitrogens is 2. The highest BCUT2D eigenvalue weighted by Crippen LogP contribution is 2.17. The number of benzene rings is 2. The zero-order valence-corrected chi connectivity index (χ0v) is 15.4. The van der Waals surface area contributed by atoms with E-state index in [1.54, 1.807) is 11.8 Å². The van der Waals surface area contributed by atoms with E-state index in [4.69, 9.17) is 9.15 Å². The van der Waals surface area contributed by atoms with Gasteiger partial charge in [-0.15, -0.1) is 16.9 Å². The summed E-state index contributed by atoms with van der Waals surface area (Å²) in [5.74, 6) is 0.715. The lowest BCUT2D eigenvalue weighted by molar-refractivity contribution is -0.118. The van der Waals surface area contributed by atoms with Crippen molar-refractivity contribution < 1.29 is 13.9 Å². The molecule has 3 aromatic rings. The lowest BCUT2D eigenvalue weighted by Crippen LogP contribution is -2.20. The maximum absolute atomic E-state index is 11.9. The third-order valence-corrected chi connectivity index (χ3v) is 4.36. The minimum absolute atomic E-state index is 0.0678. The van der Waals surface area contributed by atoms with Gasteiger partial charge < -0.3 is 9.15 Å². The Morgan fingerprint density at radius 2 is 1.85 bits per heavy atom. The van der Waals surface area contributed by atoms with Crippen molar-refractivity contribution in [2.75, 3.05) is 18.2 Å². The third-order valence-electron chi connectivity index (χ3n) is 3.62. The van der Waals surface area contributed by atoms with Gasteiger partial charge in [-0.05, 0) is 43.0 Å². The van der Waals surface area contributed by atoms with Gasteiger partial charge in [-0.1, -0.05) is 34.9 Å². The largest absolute Gasteiger partial charge is 0.484 e. The number of nitrogens with one attached hydrogen (secondary N) is 1. The Morgan fingerprint density at radius 3 is 2.54 bits per heavy atom. The lowest BCUT2D eigenvalue weighted by Gasteiger charge is -2.05. The summed E-state index contributed by atoms with van der Waals surface area (Å²) in [6, 6.07) is 15.7. The van der Waals surface area contributed by atoms with E-state index in [9.17, 15) is 4.79 Å². The molecule has 0 atom stereocenters. The zero-order chi connectivity index (χ0) is 18.4. The van der Waals surface area contributed by atoms with Crippen molar-refractivity contribution in [2.45, 2.75) is 18.2 Å². The highest BCUT2D eigenvalue weighted by Gasteiger charge is 2.11. The molecule has 0 fully saturated rings. The highest BCUT2D eigenvalue weighted by atomic mass is 32.2. The van der Waals surface area contributed by atoms with Crippen LogP contribution in [0.2, 0.25) is 0 Å². The van der Waals surface area contributed by atoms with Crippen LogP contribution in [0.3, 0.4) is 0 Å². The first-order valence-electron chi connectivity index (χ1n) is 8.07. The van der Waals surface area contributed by atoms with Crippen LogP contribution in [0.15, 0.2) is 57.8 Å². The van der Waals surface area contributed by atoms with E-state index in [2.05, 4.69) is 15.5 Å². The molecule has 7 heteroatoms. The maximum atomic E-state index is 11.9. The van der Waals surface area contributed by atoms with E-state index < -0.39 is 0 Å². The Balaban J connectivity index is 1.50. The standard InChI is InChI=1S/C19H19N3O3S/c1-13-3-7-15(8-4-13)24-12-17(23)20-19-22-21-18(25-19)11-14-5-9-16(26-2)10-6-14/h3-10H,11-12H2,1-2H3,(H,20,22,23). The Bertz CT molecular complexity index is 860. The number of rotatable bonds is 7. The predicted octanol–water partition coefficient (Wildman–Crippen LogP) is 3.71. The summed E-state index contributed by atoms with van der Waals surface area (Å²) in [6.07, 6.45) is 2.54. The normalized spacial score (nSPS) is 10.5. The van der Waals surface area contributed by atoms with E-state index in [-0.39, 0.29) is 18.5 Å². The monoisotopic (exact) mass is 369 g/mol. The summed E-state index contributed by atoms with van der Waals surface area (Å²) in [7, 11) is 0. The number of anilines is 1. The number of ether oxygens (including phenoxy) is 1. The fourth-order valence-corrected chi connectivity index (χ4v) is 2.64. The Hall–Kier alpha value is -2.80. The van der Waals surface area contributed by atoms with E-state index in [1.165, 1.54) is 4.90 Å². The summed E-state index contributed by atoms with van der Waals surface area (Å²) in [6.45, 7) is 1.86. The van der Waals surface area contributed by atoms with E-state index in [1.807, 2.05) is 61.7 Å². The zero-order valence-electron chi connectivity index (χ0n) is 14.6. The second kappa shape index (κ2) is 8.53. The molecule has 0 saturated carbocycles. The smallest absolute Gasteiger partial charge is 0.322 e. The SMILES string of the molecule is CSc1ccc(Cc2nnc(NC(=O)COc3ccc(C)cc3)o2)cc1. The van der Waals surface area contributed by atoms with E-state index >= 15 is 0 Å². The van der Waals surface area contributed by atoms with Gasteiger partial charge in [0.15, 0.2) is 6.61 Å². The molecule has 0 aliphatic rings. The molecule has 134 valence electrons. The average Bonchev–Trinajstić information content (AvgIpc) is 3.08. The van der Waals surface area contributed by atoms with Crippen molar-refractivity contribution in [2.24, 2.45) is 0 Å². The van der Waals surface area contributed by atoms with Crippen LogP contribution in [-0.2, 0) is 11.2 Å². The molecule has 26 heavy (non-hydrogen) atoms. The van der Waals surface area contributed by atoms with Crippen LogP contribution in [0, 0.1) is 6.92 Å². The minimum Gasteiger partial charge on any atom is -0.484 e. The molecule has 0 radical (unpaired) electrons. The molecule has 1 heterocycles. The third kappa shape index (κ3) is 5.10. The van der Waals surface area contributed by atoms with Crippen LogP contribution in [-0.4, -0.2) is 29.0 Å². The minimum atomic E-state index is -0.356. The topological polar surface area (TPSA) is 77.2 Å². The van der Waals surface area contributed by atoms with Crippen LogP contribution in [0.5, 0.6) is 5.75 Å². The summed E-state index contributed by atoms with van der Waals surface area (Å²) in [5, 5.41) is 10.3. The molecule has 0 spiro atoms. The number of carbonyl (C=O) groups is 1. The second-order valence-electron chi connectivity index (χ2n) is 5.68. The first kappa shape index (κ1) is 18.0. The van der Waals surface area contributed by atoms with Crippen molar-refractivity contribution >= 4 is 23.7 Å². The number of aryl methyl sites for hydroxylation is 1. The maximum Gasteiger partial charge on any atom is 0.322 e. The average molecular weight is 369 g/mol. The van der Waals surface area contributed by atoms with Crippen molar-refractivity contribution in [1.82, 2.24) is 10.2 Å². The summed E-state index contributed by atoms with van der Waals surface area (Å²) in [5.41, 5.74) is 2.19. The van der Waals surface area contributed by atoms with Gasteiger partial charge in [0.25, 0.3) is 5.91 Å². The number of amides is 1. The Labute approximate surface area is 156 Å². The molecule has 6 nitrogen and oxygen atoms in total. The fourth-order valence-electron chi connectivity index (χ4n) is 2.23. The van der Waals surface area contributed by atoms with Crippen LogP contribution in [0.1, 0.15) is 17.0 Å². The summed E-state index contributed by atoms with van der Waals surface area (Å²) in [4.78, 5) is 13.1. The Kier molecular flexibility index (Phi) is 5.91. The van der Waals surface area contributed by atoms with Gasteiger partial charge in [0, 0.05) is 4.90 Å². The molecular formula is C19H19N3O3S. The molecule has 1 amide bonds.